The van der Waals surface area contributed by atoms with Crippen molar-refractivity contribution in [2.45, 2.75) is 13.8 Å². The highest BCUT2D eigenvalue weighted by atomic mass is 79.9. The lowest BCUT2D eigenvalue weighted by Gasteiger charge is -2.21. The topological polar surface area (TPSA) is 59.4 Å². The van der Waals surface area contributed by atoms with Crippen LogP contribution in [0.3, 0.4) is 0 Å². The van der Waals surface area contributed by atoms with Crippen LogP contribution < -0.4 is 4.31 Å². The lowest BCUT2D eigenvalue weighted by Crippen LogP contribution is -2.28. The average molecular weight is 371 g/mol. The molecular weight excluding hydrogens is 356 g/mol. The van der Waals surface area contributed by atoms with Gasteiger partial charge >= 0.3 is 0 Å². The van der Waals surface area contributed by atoms with E-state index in [-0.39, 0.29) is 12.5 Å². The Bertz CT molecular complexity index is 824. The monoisotopic (exact) mass is 370 g/mol. The third-order valence-corrected chi connectivity index (χ3v) is 5.27. The summed E-state index contributed by atoms with van der Waals surface area (Å²) in [5.41, 5.74) is 1.17. The van der Waals surface area contributed by atoms with E-state index < -0.39 is 10.0 Å². The number of nitrogens with zero attached hydrogens (tertiary/aromatic N) is 2. The van der Waals surface area contributed by atoms with Crippen LogP contribution in [0, 0.1) is 0 Å². The van der Waals surface area contributed by atoms with E-state index in [9.17, 15) is 13.2 Å². The molecule has 0 aliphatic heterocycles. The zero-order valence-corrected chi connectivity index (χ0v) is 14.1. The lowest BCUT2D eigenvalue weighted by molar-refractivity contribution is 0.0941. The van der Waals surface area contributed by atoms with Crippen LogP contribution in [0.2, 0.25) is 0 Å². The van der Waals surface area contributed by atoms with Crippen molar-refractivity contribution in [2.75, 3.05) is 10.8 Å². The second-order valence-corrected chi connectivity index (χ2v) is 7.07. The minimum absolute atomic E-state index is 0.141. The summed E-state index contributed by atoms with van der Waals surface area (Å²) in [5, 5.41) is 1.60. The van der Waals surface area contributed by atoms with Crippen LogP contribution in [0.15, 0.2) is 40.9 Å². The largest absolute Gasteiger partial charge is 0.286 e. The van der Waals surface area contributed by atoms with E-state index in [1.54, 1.807) is 31.3 Å². The van der Waals surface area contributed by atoms with E-state index in [1.807, 2.05) is 0 Å². The van der Waals surface area contributed by atoms with E-state index in [0.717, 1.165) is 5.41 Å². The Balaban J connectivity index is 2.82. The molecule has 0 N–H and O–H groups in total. The van der Waals surface area contributed by atoms with Gasteiger partial charge in [-0.15, -0.1) is 0 Å². The molecule has 0 aliphatic rings. The maximum absolute atomic E-state index is 12.1. The summed E-state index contributed by atoms with van der Waals surface area (Å²) in [6.07, 6.45) is 1.64. The maximum atomic E-state index is 12.1. The first kappa shape index (κ1) is 15.8. The number of benzene rings is 1. The third kappa shape index (κ3) is 2.63. The molecule has 0 fully saturated rings. The molecule has 1 heterocycles. The summed E-state index contributed by atoms with van der Waals surface area (Å²) in [5.74, 6) is -0.141. The van der Waals surface area contributed by atoms with Crippen LogP contribution in [0.5, 0.6) is 0 Å². The molecule has 7 heteroatoms. The summed E-state index contributed by atoms with van der Waals surface area (Å²) < 4.78 is 27.7. The minimum Gasteiger partial charge on any atom is -0.286 e. The predicted octanol–water partition coefficient (Wildman–Crippen LogP) is 3.36. The van der Waals surface area contributed by atoms with Gasteiger partial charge in [0, 0.05) is 34.9 Å². The molecule has 0 saturated carbocycles. The quantitative estimate of drug-likeness (QED) is 0.828. The molecule has 0 amide bonds. The molecule has 2 rings (SSSR count). The molecular formula is C14H15BrN2O3S. The van der Waals surface area contributed by atoms with E-state index >= 15 is 0 Å². The van der Waals surface area contributed by atoms with Gasteiger partial charge in [-0.25, -0.2) is 8.42 Å². The van der Waals surface area contributed by atoms with Gasteiger partial charge in [-0.1, -0.05) is 12.6 Å². The predicted molar refractivity (Wildman–Crippen MR) is 88.1 cm³/mol. The summed E-state index contributed by atoms with van der Waals surface area (Å²) in [6.45, 7) is 6.83. The molecule has 1 aromatic carbocycles. The van der Waals surface area contributed by atoms with Crippen LogP contribution >= 0.6 is 15.9 Å². The number of hydrogen-bond acceptors (Lipinski definition) is 3. The molecule has 5 nitrogen and oxygen atoms in total. The molecule has 0 spiro atoms. The Hall–Kier alpha value is -1.60. The molecule has 1 aromatic heterocycles. The van der Waals surface area contributed by atoms with Gasteiger partial charge in [-0.2, -0.15) is 0 Å². The van der Waals surface area contributed by atoms with E-state index in [4.69, 9.17) is 0 Å². The summed E-state index contributed by atoms with van der Waals surface area (Å²) in [4.78, 5) is 11.7. The summed E-state index contributed by atoms with van der Waals surface area (Å²) in [7, 11) is -3.60. The van der Waals surface area contributed by atoms with Gasteiger partial charge in [0.05, 0.1) is 11.2 Å². The van der Waals surface area contributed by atoms with E-state index in [2.05, 4.69) is 22.5 Å². The number of aromatic nitrogens is 1. The Morgan fingerprint density at radius 3 is 2.67 bits per heavy atom. The summed E-state index contributed by atoms with van der Waals surface area (Å²) in [6, 6.07) is 5.21. The Labute approximate surface area is 132 Å². The fraction of sp³-hybridized carbons (Fsp3) is 0.214. The van der Waals surface area contributed by atoms with Crippen molar-refractivity contribution in [3.8, 4) is 0 Å². The van der Waals surface area contributed by atoms with Crippen LogP contribution in [0.4, 0.5) is 5.69 Å². The van der Waals surface area contributed by atoms with Crippen molar-refractivity contribution in [1.29, 1.82) is 0 Å². The number of anilines is 1. The van der Waals surface area contributed by atoms with Gasteiger partial charge in [0.1, 0.15) is 0 Å². The first-order valence-corrected chi connectivity index (χ1v) is 8.58. The normalized spacial score (nSPS) is 11.6. The lowest BCUT2D eigenvalue weighted by atomic mass is 10.2. The van der Waals surface area contributed by atoms with Gasteiger partial charge in [0.2, 0.25) is 5.91 Å². The van der Waals surface area contributed by atoms with Crippen molar-refractivity contribution < 1.29 is 13.2 Å². The van der Waals surface area contributed by atoms with Crippen molar-refractivity contribution >= 4 is 48.5 Å². The fourth-order valence-electron chi connectivity index (χ4n) is 2.27. The highest BCUT2D eigenvalue weighted by Gasteiger charge is 2.22. The SMILES string of the molecule is C=CS(=O)(=O)N(CC)c1cccc2c1c(Br)cn2C(C)=O. The van der Waals surface area contributed by atoms with Crippen LogP contribution in [0.1, 0.15) is 18.6 Å². The second-order valence-electron chi connectivity index (χ2n) is 4.41. The molecule has 0 aliphatic carbocycles. The third-order valence-electron chi connectivity index (χ3n) is 3.17. The maximum Gasteiger partial charge on any atom is 0.256 e. The van der Waals surface area contributed by atoms with Crippen LogP contribution in [0.25, 0.3) is 10.9 Å². The Morgan fingerprint density at radius 1 is 1.48 bits per heavy atom. The molecule has 112 valence electrons. The number of rotatable bonds is 4. The van der Waals surface area contributed by atoms with Crippen molar-refractivity contribution in [2.24, 2.45) is 0 Å². The van der Waals surface area contributed by atoms with Crippen molar-refractivity contribution in [1.82, 2.24) is 4.57 Å². The molecule has 0 unspecified atom stereocenters. The van der Waals surface area contributed by atoms with Gasteiger partial charge in [-0.05, 0) is 35.0 Å². The highest BCUT2D eigenvalue weighted by Crippen LogP contribution is 2.35. The van der Waals surface area contributed by atoms with E-state index in [1.165, 1.54) is 15.8 Å². The number of carbonyl (C=O) groups excluding carboxylic acids is 1. The Morgan fingerprint density at radius 2 is 2.14 bits per heavy atom. The van der Waals surface area contributed by atoms with Crippen molar-refractivity contribution in [3.63, 3.8) is 0 Å². The van der Waals surface area contributed by atoms with Gasteiger partial charge in [-0.3, -0.25) is 13.7 Å². The number of fused-ring (bicyclic) bond motifs is 1. The molecule has 0 saturated heterocycles. The summed E-state index contributed by atoms with van der Waals surface area (Å²) >= 11 is 3.40. The van der Waals surface area contributed by atoms with Gasteiger partial charge in [0.25, 0.3) is 10.0 Å². The molecule has 0 atom stereocenters. The number of sulfonamides is 1. The van der Waals surface area contributed by atoms with Crippen LogP contribution in [-0.4, -0.2) is 25.4 Å². The van der Waals surface area contributed by atoms with Gasteiger partial charge < -0.3 is 0 Å². The van der Waals surface area contributed by atoms with E-state index in [0.29, 0.717) is 21.1 Å². The second kappa shape index (κ2) is 5.65. The minimum atomic E-state index is -3.60. The van der Waals surface area contributed by atoms with Crippen LogP contribution in [-0.2, 0) is 10.0 Å². The first-order valence-electron chi connectivity index (χ1n) is 6.29. The highest BCUT2D eigenvalue weighted by molar-refractivity contribution is 9.10. The number of carbonyl (C=O) groups is 1. The number of halogens is 1. The molecule has 0 bridgehead atoms. The van der Waals surface area contributed by atoms with Gasteiger partial charge in [0.15, 0.2) is 0 Å². The Kier molecular flexibility index (Phi) is 4.25. The first-order chi connectivity index (χ1) is 9.83. The zero-order valence-electron chi connectivity index (χ0n) is 11.7. The number of hydrogen-bond donors (Lipinski definition) is 0. The fourth-order valence-corrected chi connectivity index (χ4v) is 3.84. The van der Waals surface area contributed by atoms with Crippen molar-refractivity contribution in [3.05, 3.63) is 40.9 Å². The molecule has 21 heavy (non-hydrogen) atoms. The molecule has 0 radical (unpaired) electrons. The molecule has 2 aromatic rings. The smallest absolute Gasteiger partial charge is 0.256 e. The average Bonchev–Trinajstić information content (AvgIpc) is 2.78. The standard InChI is InChI=1S/C14H15BrN2O3S/c1-4-17(21(19,20)5-2)13-8-6-7-12-14(13)11(15)9-16(12)10(3)18/h5-9H,2,4H2,1,3H3. The zero-order chi connectivity index (χ0) is 15.8.